The van der Waals surface area contributed by atoms with Crippen molar-refractivity contribution in [2.45, 2.75) is 31.3 Å². The first-order chi connectivity index (χ1) is 12.1. The highest BCUT2D eigenvalue weighted by atomic mass is 16.2. The summed E-state index contributed by atoms with van der Waals surface area (Å²) in [6.07, 6.45) is 3.80. The predicted octanol–water partition coefficient (Wildman–Crippen LogP) is 3.31. The van der Waals surface area contributed by atoms with Gasteiger partial charge in [0.05, 0.1) is 6.54 Å². The first-order valence-corrected chi connectivity index (χ1v) is 8.54. The molecule has 1 N–H and O–H groups in total. The number of benzene rings is 2. The minimum atomic E-state index is -0.785. The molecule has 1 atom stereocenters. The molecule has 0 saturated carbocycles. The van der Waals surface area contributed by atoms with Gasteiger partial charge in [-0.15, -0.1) is 0 Å². The zero-order valence-corrected chi connectivity index (χ0v) is 14.0. The summed E-state index contributed by atoms with van der Waals surface area (Å²) in [6, 6.07) is 15.6. The Morgan fingerprint density at radius 1 is 1.08 bits per heavy atom. The molecule has 126 valence electrons. The van der Waals surface area contributed by atoms with Gasteiger partial charge in [0.2, 0.25) is 0 Å². The van der Waals surface area contributed by atoms with Crippen LogP contribution in [0.15, 0.2) is 55.1 Å². The molecule has 0 radical (unpaired) electrons. The predicted molar refractivity (Wildman–Crippen MR) is 96.8 cm³/mol. The second-order valence-electron chi connectivity index (χ2n) is 6.79. The number of nitrogens with zero attached hydrogens (tertiary/aromatic N) is 1. The van der Waals surface area contributed by atoms with Crippen molar-refractivity contribution in [2.24, 2.45) is 0 Å². The monoisotopic (exact) mass is 332 g/mol. The average molecular weight is 332 g/mol. The molecular weight excluding hydrogens is 312 g/mol. The molecule has 2 aromatic rings. The highest BCUT2D eigenvalue weighted by Crippen LogP contribution is 2.34. The van der Waals surface area contributed by atoms with E-state index in [2.05, 4.69) is 18.0 Å². The Kier molecular flexibility index (Phi) is 3.68. The average Bonchev–Trinajstić information content (AvgIpc) is 2.86. The maximum Gasteiger partial charge on any atom is 0.325 e. The van der Waals surface area contributed by atoms with E-state index in [-0.39, 0.29) is 11.9 Å². The quantitative estimate of drug-likeness (QED) is 0.877. The SMILES string of the molecule is C=Cc1ccc(CN2C(=O)NC3(CCc4ccccc4C3)C2=O)cc1. The summed E-state index contributed by atoms with van der Waals surface area (Å²) in [6.45, 7) is 4.03. The fourth-order valence-electron chi connectivity index (χ4n) is 3.79. The van der Waals surface area contributed by atoms with Crippen LogP contribution in [0.4, 0.5) is 4.79 Å². The molecule has 2 aliphatic rings. The van der Waals surface area contributed by atoms with Gasteiger partial charge in [-0.25, -0.2) is 4.79 Å². The number of amides is 3. The van der Waals surface area contributed by atoms with Gasteiger partial charge < -0.3 is 5.32 Å². The lowest BCUT2D eigenvalue weighted by molar-refractivity contribution is -0.132. The van der Waals surface area contributed by atoms with Gasteiger partial charge in [0.15, 0.2) is 0 Å². The number of carbonyl (C=O) groups excluding carboxylic acids is 2. The maximum absolute atomic E-state index is 13.1. The van der Waals surface area contributed by atoms with Crippen molar-refractivity contribution in [1.82, 2.24) is 10.2 Å². The fraction of sp³-hybridized carbons (Fsp3) is 0.238. The van der Waals surface area contributed by atoms with Gasteiger partial charge >= 0.3 is 6.03 Å². The Hall–Kier alpha value is -2.88. The second-order valence-corrected chi connectivity index (χ2v) is 6.79. The molecule has 4 rings (SSSR count). The molecule has 1 unspecified atom stereocenters. The number of rotatable bonds is 3. The molecular formula is C21H20N2O2. The summed E-state index contributed by atoms with van der Waals surface area (Å²) in [7, 11) is 0. The van der Waals surface area contributed by atoms with E-state index in [0.29, 0.717) is 19.4 Å². The Bertz CT molecular complexity index is 856. The number of fused-ring (bicyclic) bond motifs is 1. The van der Waals surface area contributed by atoms with Crippen LogP contribution in [0.2, 0.25) is 0 Å². The largest absolute Gasteiger partial charge is 0.325 e. The van der Waals surface area contributed by atoms with Crippen LogP contribution in [0.1, 0.15) is 28.7 Å². The van der Waals surface area contributed by atoms with E-state index in [9.17, 15) is 9.59 Å². The summed E-state index contributed by atoms with van der Waals surface area (Å²) in [5.41, 5.74) is 3.59. The van der Waals surface area contributed by atoms with Crippen molar-refractivity contribution in [3.8, 4) is 0 Å². The molecule has 2 aromatic carbocycles. The van der Waals surface area contributed by atoms with E-state index < -0.39 is 5.54 Å². The van der Waals surface area contributed by atoms with E-state index in [4.69, 9.17) is 0 Å². The normalized spacial score (nSPS) is 22.0. The highest BCUT2D eigenvalue weighted by molar-refractivity contribution is 6.07. The number of nitrogens with one attached hydrogen (secondary N) is 1. The molecule has 1 aliphatic carbocycles. The van der Waals surface area contributed by atoms with Crippen molar-refractivity contribution in [1.29, 1.82) is 0 Å². The van der Waals surface area contributed by atoms with Crippen molar-refractivity contribution in [3.05, 3.63) is 77.4 Å². The molecule has 25 heavy (non-hydrogen) atoms. The number of hydrogen-bond donors (Lipinski definition) is 1. The topological polar surface area (TPSA) is 49.4 Å². The summed E-state index contributed by atoms with van der Waals surface area (Å²) < 4.78 is 0. The standard InChI is InChI=1S/C21H20N2O2/c1-2-15-7-9-16(10-8-15)14-23-19(24)21(22-20(23)25)12-11-17-5-3-4-6-18(17)13-21/h2-10H,1,11-14H2,(H,22,25). The van der Waals surface area contributed by atoms with Gasteiger partial charge in [-0.1, -0.05) is 61.2 Å². The van der Waals surface area contributed by atoms with Crippen molar-refractivity contribution in [3.63, 3.8) is 0 Å². The lowest BCUT2D eigenvalue weighted by Crippen LogP contribution is -2.51. The summed E-state index contributed by atoms with van der Waals surface area (Å²) in [5, 5.41) is 2.97. The molecule has 4 nitrogen and oxygen atoms in total. The number of carbonyl (C=O) groups is 2. The van der Waals surface area contributed by atoms with Gasteiger partial charge in [-0.05, 0) is 35.1 Å². The Morgan fingerprint density at radius 2 is 1.80 bits per heavy atom. The molecule has 1 heterocycles. The Labute approximate surface area is 147 Å². The molecule has 1 aliphatic heterocycles. The van der Waals surface area contributed by atoms with E-state index in [1.807, 2.05) is 42.5 Å². The Morgan fingerprint density at radius 3 is 2.52 bits per heavy atom. The maximum atomic E-state index is 13.1. The van der Waals surface area contributed by atoms with Gasteiger partial charge in [-0.3, -0.25) is 9.69 Å². The second kappa shape index (κ2) is 5.88. The minimum absolute atomic E-state index is 0.111. The summed E-state index contributed by atoms with van der Waals surface area (Å²) in [4.78, 5) is 26.9. The zero-order chi connectivity index (χ0) is 17.4. The summed E-state index contributed by atoms with van der Waals surface area (Å²) >= 11 is 0. The van der Waals surface area contributed by atoms with Gasteiger partial charge in [0.1, 0.15) is 5.54 Å². The molecule has 1 saturated heterocycles. The van der Waals surface area contributed by atoms with Crippen LogP contribution in [0.5, 0.6) is 0 Å². The molecule has 0 aromatic heterocycles. The van der Waals surface area contributed by atoms with Crippen LogP contribution < -0.4 is 5.32 Å². The van der Waals surface area contributed by atoms with E-state index in [1.165, 1.54) is 10.5 Å². The highest BCUT2D eigenvalue weighted by Gasteiger charge is 2.52. The third-order valence-corrected chi connectivity index (χ3v) is 5.23. The Balaban J connectivity index is 1.57. The van der Waals surface area contributed by atoms with Crippen molar-refractivity contribution in [2.75, 3.05) is 0 Å². The number of hydrogen-bond acceptors (Lipinski definition) is 2. The molecule has 1 fully saturated rings. The van der Waals surface area contributed by atoms with E-state index in [1.54, 1.807) is 6.08 Å². The van der Waals surface area contributed by atoms with Crippen molar-refractivity contribution < 1.29 is 9.59 Å². The first kappa shape index (κ1) is 15.6. The number of aryl methyl sites for hydroxylation is 1. The van der Waals surface area contributed by atoms with E-state index in [0.717, 1.165) is 23.1 Å². The van der Waals surface area contributed by atoms with Crippen LogP contribution in [-0.4, -0.2) is 22.4 Å². The summed E-state index contributed by atoms with van der Waals surface area (Å²) in [5.74, 6) is -0.111. The third-order valence-electron chi connectivity index (χ3n) is 5.23. The smallest absolute Gasteiger partial charge is 0.323 e. The zero-order valence-electron chi connectivity index (χ0n) is 14.0. The van der Waals surface area contributed by atoms with E-state index >= 15 is 0 Å². The van der Waals surface area contributed by atoms with Crippen LogP contribution in [0.3, 0.4) is 0 Å². The minimum Gasteiger partial charge on any atom is -0.323 e. The molecule has 4 heteroatoms. The van der Waals surface area contributed by atoms with Gasteiger partial charge in [0, 0.05) is 6.42 Å². The van der Waals surface area contributed by atoms with Crippen LogP contribution >= 0.6 is 0 Å². The third kappa shape index (κ3) is 2.64. The first-order valence-electron chi connectivity index (χ1n) is 8.54. The number of urea groups is 1. The number of imide groups is 1. The molecule has 0 bridgehead atoms. The lowest BCUT2D eigenvalue weighted by atomic mass is 9.78. The fourth-order valence-corrected chi connectivity index (χ4v) is 3.79. The van der Waals surface area contributed by atoms with Gasteiger partial charge in [-0.2, -0.15) is 0 Å². The van der Waals surface area contributed by atoms with Crippen LogP contribution in [0, 0.1) is 0 Å². The van der Waals surface area contributed by atoms with Crippen LogP contribution in [0.25, 0.3) is 6.08 Å². The lowest BCUT2D eigenvalue weighted by Gasteiger charge is -2.32. The molecule has 3 amide bonds. The molecule has 1 spiro atoms. The van der Waals surface area contributed by atoms with Crippen molar-refractivity contribution >= 4 is 18.0 Å². The van der Waals surface area contributed by atoms with Crippen LogP contribution in [-0.2, 0) is 24.2 Å². The van der Waals surface area contributed by atoms with Gasteiger partial charge in [0.25, 0.3) is 5.91 Å².